The van der Waals surface area contributed by atoms with E-state index < -0.39 is 53.2 Å². The lowest BCUT2D eigenvalue weighted by molar-refractivity contribution is 0.0152. The summed E-state index contributed by atoms with van der Waals surface area (Å²) in [5, 5.41) is 38.8. The predicted molar refractivity (Wildman–Crippen MR) is 144 cm³/mol. The average Bonchev–Trinajstić information content (AvgIpc) is 3.40. The number of nitrogens with one attached hydrogen (secondary N) is 1. The molecule has 0 bridgehead atoms. The van der Waals surface area contributed by atoms with Crippen molar-refractivity contribution in [3.8, 4) is 6.01 Å². The summed E-state index contributed by atoms with van der Waals surface area (Å²) in [5.74, 6) is -0.539. The molecule has 0 spiro atoms. The predicted octanol–water partition coefficient (Wildman–Crippen LogP) is -0.326. The number of ether oxygens (including phenoxy) is 2. The molecule has 15 nitrogen and oxygen atoms in total. The number of hydrazone groups is 1. The van der Waals surface area contributed by atoms with Gasteiger partial charge in [0.05, 0.1) is 18.4 Å². The number of fused-ring (bicyclic) bond motifs is 1. The maximum absolute atomic E-state index is 12.3. The third-order valence-corrected chi connectivity index (χ3v) is 10.4. The summed E-state index contributed by atoms with van der Waals surface area (Å²) < 4.78 is 46.9. The Bertz CT molecular complexity index is 1390. The zero-order valence-electron chi connectivity index (χ0n) is 21.6. The first kappa shape index (κ1) is 30.3. The minimum absolute atomic E-state index is 0.0571. The van der Waals surface area contributed by atoms with Gasteiger partial charge >= 0.3 is 13.6 Å². The standard InChI is InChI=1S/C23H32N5O10PS/c1-13-20(25-16-8-7-14-5-3-4-6-15(14)16)26-23(37-10-9-29)27-21(13)28(24-2)22-19(31)18(30)17(38-22)11-40(35,36)12-39(32,33)34/h3-6,16-19,22,29-31H,2,7-12H2,1H3,(H,25,26,27)(H2,32,33,34)/t16-,17-,18-,19-,22-/m1/s1. The maximum Gasteiger partial charge on any atom is 0.340 e. The van der Waals surface area contributed by atoms with Crippen LogP contribution in [0.3, 0.4) is 0 Å². The van der Waals surface area contributed by atoms with Crippen molar-refractivity contribution < 1.29 is 47.6 Å². The number of aryl methyl sites for hydroxylation is 1. The molecule has 1 aliphatic heterocycles. The molecule has 1 saturated heterocycles. The van der Waals surface area contributed by atoms with Gasteiger partial charge in [0.1, 0.15) is 30.7 Å². The number of sulfone groups is 1. The molecule has 0 unspecified atom stereocenters. The Kier molecular flexibility index (Phi) is 9.11. The van der Waals surface area contributed by atoms with Crippen LogP contribution in [0.2, 0.25) is 0 Å². The van der Waals surface area contributed by atoms with Crippen LogP contribution in [0.5, 0.6) is 6.01 Å². The fourth-order valence-corrected chi connectivity index (χ4v) is 8.07. The van der Waals surface area contributed by atoms with Gasteiger partial charge in [0.15, 0.2) is 27.4 Å². The van der Waals surface area contributed by atoms with Gasteiger partial charge in [0.2, 0.25) is 0 Å². The van der Waals surface area contributed by atoms with Crippen molar-refractivity contribution in [2.45, 2.75) is 50.3 Å². The van der Waals surface area contributed by atoms with E-state index in [2.05, 4.69) is 33.2 Å². The molecule has 0 amide bonds. The van der Waals surface area contributed by atoms with Crippen LogP contribution >= 0.6 is 7.60 Å². The van der Waals surface area contributed by atoms with Crippen molar-refractivity contribution in [2.75, 3.05) is 34.8 Å². The highest BCUT2D eigenvalue weighted by Gasteiger charge is 2.48. The molecule has 1 aromatic heterocycles. The number of nitrogens with zero attached hydrogens (tertiary/aromatic N) is 4. The topological polar surface area (TPSA) is 224 Å². The van der Waals surface area contributed by atoms with Crippen LogP contribution < -0.4 is 15.1 Å². The van der Waals surface area contributed by atoms with Crippen molar-refractivity contribution in [3.05, 3.63) is 41.0 Å². The van der Waals surface area contributed by atoms with E-state index in [-0.39, 0.29) is 31.1 Å². The Morgan fingerprint density at radius 3 is 2.65 bits per heavy atom. The highest BCUT2D eigenvalue weighted by molar-refractivity contribution is 7.97. The molecule has 0 radical (unpaired) electrons. The molecule has 5 atom stereocenters. The van der Waals surface area contributed by atoms with Gasteiger partial charge in [-0.15, -0.1) is 0 Å². The van der Waals surface area contributed by atoms with Crippen LogP contribution in [0.1, 0.15) is 29.2 Å². The Hall–Kier alpha value is -2.69. The normalized spacial score (nSPS) is 24.5. The van der Waals surface area contributed by atoms with Gasteiger partial charge < -0.3 is 39.9 Å². The van der Waals surface area contributed by atoms with E-state index in [1.54, 1.807) is 6.92 Å². The second-order valence-electron chi connectivity index (χ2n) is 9.55. The molecule has 2 aromatic rings. The van der Waals surface area contributed by atoms with Crippen LogP contribution in [0, 0.1) is 6.92 Å². The zero-order chi connectivity index (χ0) is 29.2. The molecular formula is C23H32N5O10PS. The van der Waals surface area contributed by atoms with Crippen LogP contribution in [-0.2, 0) is 25.6 Å². The van der Waals surface area contributed by atoms with E-state index in [4.69, 9.17) is 19.3 Å². The van der Waals surface area contributed by atoms with Gasteiger partial charge in [0, 0.05) is 12.3 Å². The molecule has 4 rings (SSSR count). The van der Waals surface area contributed by atoms with Gasteiger partial charge in [-0.3, -0.25) is 4.57 Å². The first-order chi connectivity index (χ1) is 18.8. The highest BCUT2D eigenvalue weighted by atomic mass is 32.2. The van der Waals surface area contributed by atoms with Gasteiger partial charge in [-0.2, -0.15) is 15.1 Å². The van der Waals surface area contributed by atoms with Crippen molar-refractivity contribution >= 4 is 35.8 Å². The fourth-order valence-electron chi connectivity index (χ4n) is 4.82. The first-order valence-electron chi connectivity index (χ1n) is 12.3. The average molecular weight is 602 g/mol. The second kappa shape index (κ2) is 12.0. The summed E-state index contributed by atoms with van der Waals surface area (Å²) in [7, 11) is -9.28. The summed E-state index contributed by atoms with van der Waals surface area (Å²) in [5.41, 5.74) is 1.31. The van der Waals surface area contributed by atoms with Crippen LogP contribution in [0.4, 0.5) is 11.6 Å². The lowest BCUT2D eigenvalue weighted by Gasteiger charge is -2.28. The van der Waals surface area contributed by atoms with Crippen molar-refractivity contribution in [1.82, 2.24) is 9.97 Å². The van der Waals surface area contributed by atoms with Crippen molar-refractivity contribution in [1.29, 1.82) is 0 Å². The van der Waals surface area contributed by atoms with E-state index in [9.17, 15) is 28.3 Å². The third kappa shape index (κ3) is 6.78. The summed E-state index contributed by atoms with van der Waals surface area (Å²) in [6, 6.07) is 7.77. The number of rotatable bonds is 12. The molecule has 6 N–H and O–H groups in total. The largest absolute Gasteiger partial charge is 0.461 e. The minimum Gasteiger partial charge on any atom is -0.461 e. The Balaban J connectivity index is 1.64. The molecule has 2 heterocycles. The maximum atomic E-state index is 12.3. The zero-order valence-corrected chi connectivity index (χ0v) is 23.3. The summed E-state index contributed by atoms with van der Waals surface area (Å²) >= 11 is 0. The van der Waals surface area contributed by atoms with Gasteiger partial charge in [0.25, 0.3) is 0 Å². The number of aromatic nitrogens is 2. The highest BCUT2D eigenvalue weighted by Crippen LogP contribution is 2.39. The molecule has 1 fully saturated rings. The van der Waals surface area contributed by atoms with E-state index in [1.807, 2.05) is 18.2 Å². The Morgan fingerprint density at radius 1 is 1.25 bits per heavy atom. The second-order valence-corrected chi connectivity index (χ2v) is 13.7. The monoisotopic (exact) mass is 601 g/mol. The minimum atomic E-state index is -4.91. The summed E-state index contributed by atoms with van der Waals surface area (Å²) in [6.07, 6.45) is -4.76. The smallest absolute Gasteiger partial charge is 0.340 e. The lowest BCUT2D eigenvalue weighted by Crippen LogP contribution is -2.42. The van der Waals surface area contributed by atoms with Gasteiger partial charge in [-0.25, -0.2) is 13.4 Å². The number of benzene rings is 1. The molecule has 2 aliphatic rings. The molecular weight excluding hydrogens is 569 g/mol. The van der Waals surface area contributed by atoms with Crippen LogP contribution in [0.25, 0.3) is 0 Å². The van der Waals surface area contributed by atoms with E-state index in [0.29, 0.717) is 11.4 Å². The number of aliphatic hydroxyl groups excluding tert-OH is 3. The fraction of sp³-hybridized carbons (Fsp3) is 0.522. The van der Waals surface area contributed by atoms with E-state index in [1.165, 1.54) is 5.56 Å². The van der Waals surface area contributed by atoms with Gasteiger partial charge in [-0.05, 0) is 30.9 Å². The number of anilines is 2. The van der Waals surface area contributed by atoms with E-state index >= 15 is 0 Å². The number of hydrogen-bond donors (Lipinski definition) is 6. The molecule has 40 heavy (non-hydrogen) atoms. The van der Waals surface area contributed by atoms with Crippen molar-refractivity contribution in [3.63, 3.8) is 0 Å². The van der Waals surface area contributed by atoms with Crippen molar-refractivity contribution in [2.24, 2.45) is 5.10 Å². The third-order valence-electron chi connectivity index (χ3n) is 6.60. The Labute approximate surface area is 230 Å². The molecule has 1 aliphatic carbocycles. The SMILES string of the molecule is C=NN(c1nc(OCCO)nc(N[C@@H]2CCc3ccccc32)c1C)[C@@H]1O[C@H](CS(=O)(=O)CP(=O)(O)O)[C@@H](O)[C@H]1O. The molecule has 220 valence electrons. The van der Waals surface area contributed by atoms with E-state index in [0.717, 1.165) is 23.4 Å². The van der Waals surface area contributed by atoms with Crippen LogP contribution in [-0.4, -0.2) is 99.2 Å². The summed E-state index contributed by atoms with van der Waals surface area (Å²) in [4.78, 5) is 26.9. The summed E-state index contributed by atoms with van der Waals surface area (Å²) in [6.45, 7) is 4.75. The molecule has 17 heteroatoms. The Morgan fingerprint density at radius 2 is 1.98 bits per heavy atom. The van der Waals surface area contributed by atoms with Gasteiger partial charge in [-0.1, -0.05) is 24.3 Å². The molecule has 0 saturated carbocycles. The molecule has 1 aromatic carbocycles. The number of hydrogen-bond acceptors (Lipinski definition) is 13. The van der Waals surface area contributed by atoms with Crippen LogP contribution in [0.15, 0.2) is 29.4 Å². The lowest BCUT2D eigenvalue weighted by atomic mass is 10.1. The number of aliphatic hydroxyl groups is 3. The quantitative estimate of drug-likeness (QED) is 0.104. The first-order valence-corrected chi connectivity index (χ1v) is 15.9.